The molecule has 0 bridgehead atoms. The summed E-state index contributed by atoms with van der Waals surface area (Å²) in [5.41, 5.74) is 6.36. The Morgan fingerprint density at radius 3 is 2.37 bits per heavy atom. The van der Waals surface area contributed by atoms with Crippen molar-refractivity contribution < 1.29 is 9.53 Å². The molecule has 2 aromatic rings. The summed E-state index contributed by atoms with van der Waals surface area (Å²) < 4.78 is 6.43. The summed E-state index contributed by atoms with van der Waals surface area (Å²) in [7, 11) is 1.51. The van der Waals surface area contributed by atoms with E-state index in [0.29, 0.717) is 12.1 Å². The first-order valence-electron chi connectivity index (χ1n) is 10.2. The number of anilines is 2. The highest BCUT2D eigenvalue weighted by Gasteiger charge is 2.25. The van der Waals surface area contributed by atoms with E-state index in [-0.39, 0.29) is 36.0 Å². The van der Waals surface area contributed by atoms with E-state index in [9.17, 15) is 14.4 Å². The lowest BCUT2D eigenvalue weighted by Gasteiger charge is -2.25. The predicted octanol–water partition coefficient (Wildman–Crippen LogP) is 2.51. The molecule has 0 saturated heterocycles. The summed E-state index contributed by atoms with van der Waals surface area (Å²) in [4.78, 5) is 41.7. The Labute approximate surface area is 176 Å². The second-order valence-electron chi connectivity index (χ2n) is 8.28. The molecule has 3 N–H and O–H groups in total. The number of benzene rings is 1. The topological polar surface area (TPSA) is 110 Å². The number of hydrogen-bond acceptors (Lipinski definition) is 5. The van der Waals surface area contributed by atoms with E-state index in [1.165, 1.54) is 16.6 Å². The number of aromatic nitrogens is 2. The van der Waals surface area contributed by atoms with Gasteiger partial charge in [-0.25, -0.2) is 4.79 Å². The van der Waals surface area contributed by atoms with Gasteiger partial charge in [-0.05, 0) is 29.5 Å². The highest BCUT2D eigenvalue weighted by atomic mass is 16.5. The van der Waals surface area contributed by atoms with Crippen molar-refractivity contribution >= 4 is 17.4 Å². The average Bonchev–Trinajstić information content (AvgIpc) is 2.69. The summed E-state index contributed by atoms with van der Waals surface area (Å²) in [5, 5.41) is 0. The van der Waals surface area contributed by atoms with Crippen molar-refractivity contribution in [2.75, 3.05) is 30.9 Å². The van der Waals surface area contributed by atoms with Crippen LogP contribution in [0.2, 0.25) is 0 Å². The van der Waals surface area contributed by atoms with E-state index in [2.05, 4.69) is 25.8 Å². The molecule has 1 amide bonds. The minimum atomic E-state index is -0.694. The van der Waals surface area contributed by atoms with Crippen LogP contribution in [0.15, 0.2) is 33.9 Å². The average molecular weight is 417 g/mol. The van der Waals surface area contributed by atoms with Crippen molar-refractivity contribution in [2.45, 2.75) is 52.5 Å². The van der Waals surface area contributed by atoms with Gasteiger partial charge in [0.2, 0.25) is 0 Å². The quantitative estimate of drug-likeness (QED) is 0.687. The van der Waals surface area contributed by atoms with Gasteiger partial charge in [0, 0.05) is 25.8 Å². The van der Waals surface area contributed by atoms with Crippen molar-refractivity contribution in [2.24, 2.45) is 0 Å². The zero-order valence-corrected chi connectivity index (χ0v) is 18.4. The molecule has 8 heteroatoms. The largest absolute Gasteiger partial charge is 0.383 e. The lowest BCUT2D eigenvalue weighted by Crippen LogP contribution is -2.42. The fraction of sp³-hybridized carbons (Fsp3) is 0.500. The Kier molecular flexibility index (Phi) is 7.61. The molecule has 0 spiro atoms. The Bertz CT molecular complexity index is 984. The van der Waals surface area contributed by atoms with Gasteiger partial charge in [-0.2, -0.15) is 0 Å². The Balaban J connectivity index is 2.53. The van der Waals surface area contributed by atoms with E-state index in [1.807, 2.05) is 19.1 Å². The van der Waals surface area contributed by atoms with Gasteiger partial charge in [-0.15, -0.1) is 0 Å². The lowest BCUT2D eigenvalue weighted by molar-refractivity contribution is 0.0975. The van der Waals surface area contributed by atoms with Crippen molar-refractivity contribution in [3.8, 4) is 0 Å². The number of aromatic amines is 1. The first kappa shape index (κ1) is 23.4. The van der Waals surface area contributed by atoms with Crippen LogP contribution < -0.4 is 21.9 Å². The highest BCUT2D eigenvalue weighted by molar-refractivity contribution is 6.07. The Morgan fingerprint density at radius 1 is 1.20 bits per heavy atom. The number of carbonyl (C=O) groups is 1. The molecule has 0 aliphatic rings. The number of H-pyrrole nitrogens is 1. The van der Waals surface area contributed by atoms with Crippen molar-refractivity contribution in [3.05, 3.63) is 56.2 Å². The van der Waals surface area contributed by atoms with E-state index in [4.69, 9.17) is 10.5 Å². The van der Waals surface area contributed by atoms with Gasteiger partial charge in [0.15, 0.2) is 5.69 Å². The number of rotatable bonds is 8. The first-order valence-corrected chi connectivity index (χ1v) is 10.2. The van der Waals surface area contributed by atoms with E-state index < -0.39 is 11.2 Å². The summed E-state index contributed by atoms with van der Waals surface area (Å²) in [6, 6.07) is 7.27. The molecule has 8 nitrogen and oxygen atoms in total. The normalized spacial score (nSPS) is 11.5. The molecule has 0 fully saturated rings. The predicted molar refractivity (Wildman–Crippen MR) is 119 cm³/mol. The summed E-state index contributed by atoms with van der Waals surface area (Å²) in [6.07, 6.45) is 1.57. The number of ether oxygens (including phenoxy) is 1. The van der Waals surface area contributed by atoms with Gasteiger partial charge in [0.05, 0.1) is 6.61 Å². The first-order chi connectivity index (χ1) is 14.1. The maximum Gasteiger partial charge on any atom is 0.330 e. The molecule has 0 unspecified atom stereocenters. The summed E-state index contributed by atoms with van der Waals surface area (Å²) >= 11 is 0. The van der Waals surface area contributed by atoms with Crippen LogP contribution in [0.1, 0.15) is 56.5 Å². The van der Waals surface area contributed by atoms with Crippen LogP contribution in [-0.2, 0) is 16.7 Å². The van der Waals surface area contributed by atoms with Crippen LogP contribution in [0, 0.1) is 0 Å². The van der Waals surface area contributed by atoms with Gasteiger partial charge < -0.3 is 10.5 Å². The highest BCUT2D eigenvalue weighted by Crippen LogP contribution is 2.24. The van der Waals surface area contributed by atoms with Crippen molar-refractivity contribution in [1.29, 1.82) is 0 Å². The second kappa shape index (κ2) is 9.75. The van der Waals surface area contributed by atoms with Gasteiger partial charge >= 0.3 is 5.69 Å². The van der Waals surface area contributed by atoms with E-state index >= 15 is 0 Å². The molecule has 1 aromatic heterocycles. The van der Waals surface area contributed by atoms with Gasteiger partial charge in [-0.1, -0.05) is 46.2 Å². The minimum Gasteiger partial charge on any atom is -0.383 e. The molecule has 1 heterocycles. The minimum absolute atomic E-state index is 0.0204. The van der Waals surface area contributed by atoms with Crippen LogP contribution in [0.4, 0.5) is 11.5 Å². The number of nitrogen functional groups attached to an aromatic ring is 1. The third-order valence-corrected chi connectivity index (χ3v) is 4.98. The molecule has 164 valence electrons. The molecule has 2 rings (SSSR count). The van der Waals surface area contributed by atoms with Crippen LogP contribution >= 0.6 is 0 Å². The molecular formula is C22H32N4O4. The Hall–Kier alpha value is -2.87. The molecule has 0 aliphatic heterocycles. The third kappa shape index (κ3) is 5.18. The Morgan fingerprint density at radius 2 is 1.83 bits per heavy atom. The SMILES string of the molecule is CCCCn1c(N)c(N(CCOC)C(=O)c2ccc(C(C)(C)C)cc2)c(=O)[nH]c1=O. The number of nitrogens with one attached hydrogen (secondary N) is 1. The van der Waals surface area contributed by atoms with Crippen molar-refractivity contribution in [1.82, 2.24) is 9.55 Å². The van der Waals surface area contributed by atoms with Gasteiger partial charge in [0.1, 0.15) is 5.82 Å². The zero-order valence-electron chi connectivity index (χ0n) is 18.4. The monoisotopic (exact) mass is 416 g/mol. The van der Waals surface area contributed by atoms with Crippen LogP contribution in [0.3, 0.4) is 0 Å². The standard InChI is InChI=1S/C22H32N4O4/c1-6-7-12-26-18(23)17(19(27)24-21(26)29)25(13-14-30-5)20(28)15-8-10-16(11-9-15)22(2,3)4/h8-11H,6-7,12-14,23H2,1-5H3,(H,24,27,29). The number of nitrogens with zero attached hydrogens (tertiary/aromatic N) is 2. The van der Waals surface area contributed by atoms with E-state index in [1.54, 1.807) is 12.1 Å². The molecule has 30 heavy (non-hydrogen) atoms. The number of methoxy groups -OCH3 is 1. The fourth-order valence-electron chi connectivity index (χ4n) is 3.14. The number of unbranched alkanes of at least 4 members (excludes halogenated alkanes) is 1. The maximum absolute atomic E-state index is 13.3. The van der Waals surface area contributed by atoms with Crippen LogP contribution in [0.5, 0.6) is 0 Å². The third-order valence-electron chi connectivity index (χ3n) is 4.98. The molecule has 0 atom stereocenters. The number of hydrogen-bond donors (Lipinski definition) is 2. The molecule has 1 aromatic carbocycles. The smallest absolute Gasteiger partial charge is 0.330 e. The van der Waals surface area contributed by atoms with Gasteiger partial charge in [-0.3, -0.25) is 24.0 Å². The van der Waals surface area contributed by atoms with E-state index in [0.717, 1.165) is 18.4 Å². The zero-order chi connectivity index (χ0) is 22.5. The maximum atomic E-state index is 13.3. The number of amides is 1. The fourth-order valence-corrected chi connectivity index (χ4v) is 3.14. The van der Waals surface area contributed by atoms with Crippen LogP contribution in [-0.4, -0.2) is 35.7 Å². The molecule has 0 aliphatic carbocycles. The number of nitrogens with two attached hydrogens (primary N) is 1. The molecular weight excluding hydrogens is 384 g/mol. The summed E-state index contributed by atoms with van der Waals surface area (Å²) in [6.45, 7) is 8.95. The lowest BCUT2D eigenvalue weighted by atomic mass is 9.86. The number of carbonyl (C=O) groups excluding carboxylic acids is 1. The van der Waals surface area contributed by atoms with Gasteiger partial charge in [0.25, 0.3) is 11.5 Å². The molecule has 0 radical (unpaired) electrons. The van der Waals surface area contributed by atoms with Crippen LogP contribution in [0.25, 0.3) is 0 Å². The summed E-state index contributed by atoms with van der Waals surface area (Å²) in [5.74, 6) is -0.404. The second-order valence-corrected chi connectivity index (χ2v) is 8.28. The van der Waals surface area contributed by atoms with Crippen molar-refractivity contribution in [3.63, 3.8) is 0 Å². The molecule has 0 saturated carbocycles.